The van der Waals surface area contributed by atoms with Crippen molar-refractivity contribution in [2.24, 2.45) is 5.73 Å². The minimum absolute atomic E-state index is 0.167. The first-order valence-electron chi connectivity index (χ1n) is 4.02. The number of likely N-dealkylation sites (N-methyl/N-ethyl adjacent to an activating group) is 1. The van der Waals surface area contributed by atoms with Gasteiger partial charge in [0.05, 0.1) is 6.04 Å². The van der Waals surface area contributed by atoms with Gasteiger partial charge in [0.2, 0.25) is 5.91 Å². The van der Waals surface area contributed by atoms with E-state index >= 15 is 0 Å². The Morgan fingerprint density at radius 3 is 2.67 bits per heavy atom. The maximum atomic E-state index is 10.7. The van der Waals surface area contributed by atoms with E-state index in [2.05, 4.69) is 31.7 Å². The molecule has 1 unspecified atom stereocenters. The Morgan fingerprint density at radius 2 is 2.25 bits per heavy atom. The Bertz CT molecular complexity index is 132. The normalized spacial score (nSPS) is 12.8. The summed E-state index contributed by atoms with van der Waals surface area (Å²) < 4.78 is 3.02. The molecule has 4 nitrogen and oxygen atoms in total. The molecule has 0 spiro atoms. The van der Waals surface area contributed by atoms with Crippen LogP contribution < -0.4 is 14.6 Å². The molecule has 0 aliphatic carbocycles. The van der Waals surface area contributed by atoms with Gasteiger partial charge >= 0.3 is 0 Å². The third-order valence-corrected chi connectivity index (χ3v) is 2.25. The van der Waals surface area contributed by atoms with Gasteiger partial charge in [-0.15, -0.1) is 0 Å². The summed E-state index contributed by atoms with van der Waals surface area (Å²) in [6.45, 7) is 0.982. The van der Waals surface area contributed by atoms with E-state index in [1.165, 1.54) is 0 Å². The van der Waals surface area contributed by atoms with E-state index < -0.39 is 0 Å². The van der Waals surface area contributed by atoms with Crippen LogP contribution in [0.1, 0.15) is 19.3 Å². The molecule has 1 atom stereocenters. The third kappa shape index (κ3) is 5.73. The summed E-state index contributed by atoms with van der Waals surface area (Å²) >= 11 is 2.11. The third-order valence-electron chi connectivity index (χ3n) is 1.71. The lowest BCUT2D eigenvalue weighted by Gasteiger charge is -2.10. The standard InChI is InChI=1S/C7H16IN3O/c1-10-6(7(9)12)4-2-3-5-11-8/h6,10-11H,2-5H2,1H3,(H2,9,12). The van der Waals surface area contributed by atoms with Crippen LogP contribution in [0.2, 0.25) is 0 Å². The lowest BCUT2D eigenvalue weighted by atomic mass is 10.1. The molecule has 4 N–H and O–H groups in total. The van der Waals surface area contributed by atoms with E-state index in [1.54, 1.807) is 7.05 Å². The van der Waals surface area contributed by atoms with E-state index in [1.807, 2.05) is 0 Å². The van der Waals surface area contributed by atoms with Crippen LogP contribution in [0.15, 0.2) is 0 Å². The molecule has 72 valence electrons. The van der Waals surface area contributed by atoms with Gasteiger partial charge in [0.1, 0.15) is 0 Å². The number of nitrogens with one attached hydrogen (secondary N) is 2. The minimum Gasteiger partial charge on any atom is -0.368 e. The Hall–Kier alpha value is 0.120. The van der Waals surface area contributed by atoms with Crippen molar-refractivity contribution in [2.75, 3.05) is 13.6 Å². The van der Waals surface area contributed by atoms with Gasteiger partial charge in [0, 0.05) is 29.4 Å². The van der Waals surface area contributed by atoms with Crippen molar-refractivity contribution in [1.82, 2.24) is 8.85 Å². The second-order valence-corrected chi connectivity index (χ2v) is 3.39. The molecule has 0 radical (unpaired) electrons. The quantitative estimate of drug-likeness (QED) is 0.355. The molecule has 0 aliphatic rings. The van der Waals surface area contributed by atoms with Crippen LogP contribution in [0.5, 0.6) is 0 Å². The first kappa shape index (κ1) is 12.1. The van der Waals surface area contributed by atoms with Gasteiger partial charge in [-0.3, -0.25) is 8.32 Å². The summed E-state index contributed by atoms with van der Waals surface area (Å²) in [4.78, 5) is 10.7. The molecule has 5 heteroatoms. The second-order valence-electron chi connectivity index (χ2n) is 2.62. The molecule has 12 heavy (non-hydrogen) atoms. The molecule has 0 aromatic rings. The molecular formula is C7H16IN3O. The molecule has 0 aliphatic heterocycles. The fourth-order valence-corrected chi connectivity index (χ4v) is 1.35. The number of unbranched alkanes of at least 4 members (excludes halogenated alkanes) is 1. The van der Waals surface area contributed by atoms with Gasteiger partial charge < -0.3 is 11.1 Å². The van der Waals surface area contributed by atoms with Crippen molar-refractivity contribution in [1.29, 1.82) is 0 Å². The van der Waals surface area contributed by atoms with E-state index in [-0.39, 0.29) is 11.9 Å². The van der Waals surface area contributed by atoms with Gasteiger partial charge in [-0.1, -0.05) is 6.42 Å². The van der Waals surface area contributed by atoms with Crippen molar-refractivity contribution in [3.8, 4) is 0 Å². The molecule has 0 aromatic carbocycles. The maximum Gasteiger partial charge on any atom is 0.234 e. The summed E-state index contributed by atoms with van der Waals surface area (Å²) in [6, 6.07) is -0.167. The van der Waals surface area contributed by atoms with Crippen LogP contribution >= 0.6 is 22.9 Å². The number of nitrogens with two attached hydrogens (primary N) is 1. The van der Waals surface area contributed by atoms with Crippen molar-refractivity contribution in [3.63, 3.8) is 0 Å². The fraction of sp³-hybridized carbons (Fsp3) is 0.857. The van der Waals surface area contributed by atoms with Gasteiger partial charge in [0.15, 0.2) is 0 Å². The molecule has 0 heterocycles. The molecule has 0 saturated heterocycles. The van der Waals surface area contributed by atoms with Crippen LogP contribution in [0.4, 0.5) is 0 Å². The SMILES string of the molecule is CNC(CCCCNI)C(N)=O. The highest BCUT2D eigenvalue weighted by molar-refractivity contribution is 14.1. The zero-order valence-electron chi connectivity index (χ0n) is 7.27. The zero-order valence-corrected chi connectivity index (χ0v) is 9.43. The van der Waals surface area contributed by atoms with Crippen LogP contribution in [0.25, 0.3) is 0 Å². The van der Waals surface area contributed by atoms with Crippen molar-refractivity contribution < 1.29 is 4.79 Å². The summed E-state index contributed by atoms with van der Waals surface area (Å²) in [6.07, 6.45) is 2.92. The Morgan fingerprint density at radius 1 is 1.58 bits per heavy atom. The number of amides is 1. The molecule has 1 amide bonds. The Balaban J connectivity index is 3.38. The molecule has 0 bridgehead atoms. The Kier molecular flexibility index (Phi) is 7.83. The molecule has 0 fully saturated rings. The summed E-state index contributed by atoms with van der Waals surface area (Å²) in [7, 11) is 1.76. The lowest BCUT2D eigenvalue weighted by Crippen LogP contribution is -2.39. The summed E-state index contributed by atoms with van der Waals surface area (Å²) in [5.41, 5.74) is 5.14. The minimum atomic E-state index is -0.264. The molecular weight excluding hydrogens is 269 g/mol. The van der Waals surface area contributed by atoms with Gasteiger partial charge in [0.25, 0.3) is 0 Å². The molecule has 0 saturated carbocycles. The average Bonchev–Trinajstić information content (AvgIpc) is 2.04. The van der Waals surface area contributed by atoms with E-state index in [0.29, 0.717) is 0 Å². The smallest absolute Gasteiger partial charge is 0.234 e. The van der Waals surface area contributed by atoms with Crippen molar-refractivity contribution in [3.05, 3.63) is 0 Å². The summed E-state index contributed by atoms with van der Waals surface area (Å²) in [5.74, 6) is -0.264. The average molecular weight is 285 g/mol. The second kappa shape index (κ2) is 7.75. The predicted molar refractivity (Wildman–Crippen MR) is 57.9 cm³/mol. The first-order chi connectivity index (χ1) is 5.72. The van der Waals surface area contributed by atoms with Gasteiger partial charge in [-0.05, 0) is 19.9 Å². The highest BCUT2D eigenvalue weighted by atomic mass is 127. The zero-order chi connectivity index (χ0) is 9.40. The summed E-state index contributed by atoms with van der Waals surface area (Å²) in [5, 5.41) is 2.88. The monoisotopic (exact) mass is 285 g/mol. The molecule has 0 aromatic heterocycles. The van der Waals surface area contributed by atoms with Gasteiger partial charge in [-0.2, -0.15) is 0 Å². The highest BCUT2D eigenvalue weighted by Gasteiger charge is 2.10. The van der Waals surface area contributed by atoms with Crippen LogP contribution in [-0.2, 0) is 4.79 Å². The van der Waals surface area contributed by atoms with E-state index in [0.717, 1.165) is 25.8 Å². The topological polar surface area (TPSA) is 67.2 Å². The van der Waals surface area contributed by atoms with E-state index in [4.69, 9.17) is 5.73 Å². The van der Waals surface area contributed by atoms with Crippen LogP contribution in [0.3, 0.4) is 0 Å². The highest BCUT2D eigenvalue weighted by Crippen LogP contribution is 1.99. The number of hydrogen-bond donors (Lipinski definition) is 3. The Labute approximate surface area is 87.1 Å². The number of carbonyl (C=O) groups is 1. The van der Waals surface area contributed by atoms with Crippen molar-refractivity contribution >= 4 is 28.8 Å². The van der Waals surface area contributed by atoms with Crippen molar-refractivity contribution in [2.45, 2.75) is 25.3 Å². The van der Waals surface area contributed by atoms with Crippen LogP contribution in [-0.4, -0.2) is 25.5 Å². The largest absolute Gasteiger partial charge is 0.368 e. The van der Waals surface area contributed by atoms with Crippen LogP contribution in [0, 0.1) is 0 Å². The predicted octanol–water partition coefficient (Wildman–Crippen LogP) is 0.170. The number of carbonyl (C=O) groups excluding carboxylic acids is 1. The first-order valence-corrected chi connectivity index (χ1v) is 5.10. The number of halogens is 1. The number of hydrogen-bond acceptors (Lipinski definition) is 3. The fourth-order valence-electron chi connectivity index (χ4n) is 0.969. The number of rotatable bonds is 7. The maximum absolute atomic E-state index is 10.7. The lowest BCUT2D eigenvalue weighted by molar-refractivity contribution is -0.120. The molecule has 0 rings (SSSR count). The number of primary amides is 1. The van der Waals surface area contributed by atoms with E-state index in [9.17, 15) is 4.79 Å². The van der Waals surface area contributed by atoms with Gasteiger partial charge in [-0.25, -0.2) is 0 Å².